The quantitative estimate of drug-likeness (QED) is 0.394. The monoisotopic (exact) mass is 464 g/mol. The average Bonchev–Trinajstić information content (AvgIpc) is 3.08. The second-order valence-corrected chi connectivity index (χ2v) is 8.34. The number of fused-ring (bicyclic) bond motifs is 2. The number of ketones is 1. The van der Waals surface area contributed by atoms with E-state index in [-0.39, 0.29) is 24.3 Å². The maximum Gasteiger partial charge on any atom is 0.231 e. The van der Waals surface area contributed by atoms with Crippen molar-refractivity contribution < 1.29 is 19.0 Å². The molecular weight excluding hydrogens is 447 g/mol. The minimum Gasteiger partial charge on any atom is -0.489 e. The van der Waals surface area contributed by atoms with Crippen LogP contribution in [0, 0.1) is 0 Å². The van der Waals surface area contributed by atoms with E-state index in [9.17, 15) is 4.79 Å². The predicted molar refractivity (Wildman–Crippen MR) is 125 cm³/mol. The summed E-state index contributed by atoms with van der Waals surface area (Å²) in [6, 6.07) is 18.2. The number of hydrogen-bond acceptors (Lipinski definition) is 4. The summed E-state index contributed by atoms with van der Waals surface area (Å²) in [5, 5.41) is 1.07. The Hall–Kier alpha value is -3.21. The number of benzene rings is 3. The molecule has 0 N–H and O–H groups in total. The molecule has 0 aliphatic carbocycles. The van der Waals surface area contributed by atoms with Crippen molar-refractivity contribution in [3.8, 4) is 17.2 Å². The molecule has 2 heterocycles. The van der Waals surface area contributed by atoms with Crippen molar-refractivity contribution >= 4 is 35.1 Å². The van der Waals surface area contributed by atoms with Crippen molar-refractivity contribution in [3.05, 3.63) is 105 Å². The first-order valence-corrected chi connectivity index (χ1v) is 10.9. The Balaban J connectivity index is 1.37. The molecular formula is C26H18Cl2O4. The van der Waals surface area contributed by atoms with Gasteiger partial charge in [-0.1, -0.05) is 47.5 Å². The lowest BCUT2D eigenvalue weighted by Crippen LogP contribution is -2.18. The van der Waals surface area contributed by atoms with E-state index >= 15 is 0 Å². The number of Topliss-reactive ketones (excluding diaryl/α,β-unsaturated/α-hetero) is 1. The van der Waals surface area contributed by atoms with Gasteiger partial charge in [-0.3, -0.25) is 4.79 Å². The van der Waals surface area contributed by atoms with Gasteiger partial charge in [0.1, 0.15) is 30.0 Å². The molecule has 0 saturated carbocycles. The Morgan fingerprint density at radius 2 is 1.78 bits per heavy atom. The highest BCUT2D eigenvalue weighted by Crippen LogP contribution is 2.37. The van der Waals surface area contributed by atoms with Gasteiger partial charge >= 0.3 is 0 Å². The molecule has 4 nitrogen and oxygen atoms in total. The molecule has 1 atom stereocenters. The van der Waals surface area contributed by atoms with Crippen LogP contribution < -0.4 is 14.2 Å². The van der Waals surface area contributed by atoms with E-state index in [1.165, 1.54) is 0 Å². The van der Waals surface area contributed by atoms with E-state index in [2.05, 4.69) is 0 Å². The fourth-order valence-electron chi connectivity index (χ4n) is 3.66. The van der Waals surface area contributed by atoms with Crippen LogP contribution in [0.15, 0.2) is 78.1 Å². The first kappa shape index (κ1) is 20.7. The molecule has 3 aromatic carbocycles. The number of carbonyl (C=O) groups excluding carboxylic acids is 1. The third kappa shape index (κ3) is 3.88. The number of hydrogen-bond donors (Lipinski definition) is 0. The lowest BCUT2D eigenvalue weighted by molar-refractivity contribution is 0.101. The third-order valence-corrected chi connectivity index (χ3v) is 6.11. The summed E-state index contributed by atoms with van der Waals surface area (Å²) in [7, 11) is 0. The van der Waals surface area contributed by atoms with Crippen LogP contribution in [0.2, 0.25) is 10.0 Å². The molecule has 0 saturated heterocycles. The predicted octanol–water partition coefficient (Wildman–Crippen LogP) is 6.90. The minimum absolute atomic E-state index is 0.173. The number of allylic oxidation sites excluding steroid dienone is 1. The maximum absolute atomic E-state index is 12.9. The van der Waals surface area contributed by atoms with E-state index in [0.29, 0.717) is 32.7 Å². The van der Waals surface area contributed by atoms with Crippen molar-refractivity contribution in [2.45, 2.75) is 19.6 Å². The van der Waals surface area contributed by atoms with E-state index in [1.807, 2.05) is 37.3 Å². The number of halogens is 2. The second-order valence-electron chi connectivity index (χ2n) is 7.53. The van der Waals surface area contributed by atoms with Crippen LogP contribution in [0.25, 0.3) is 6.08 Å². The smallest absolute Gasteiger partial charge is 0.231 e. The number of para-hydroxylation sites is 1. The fourth-order valence-corrected chi connectivity index (χ4v) is 4.16. The molecule has 6 heteroatoms. The van der Waals surface area contributed by atoms with Crippen molar-refractivity contribution in [2.24, 2.45) is 0 Å². The first-order chi connectivity index (χ1) is 15.5. The molecule has 0 fully saturated rings. The highest BCUT2D eigenvalue weighted by Gasteiger charge is 2.29. The summed E-state index contributed by atoms with van der Waals surface area (Å²) in [5.74, 6) is 1.91. The SMILES string of the molecule is C[C@H]1Oc2ccccc2C=C1C=C1Oc2cc(OCc3c(Cl)cccc3Cl)ccc2C1=O. The summed E-state index contributed by atoms with van der Waals surface area (Å²) in [5.41, 5.74) is 3.02. The third-order valence-electron chi connectivity index (χ3n) is 5.40. The fraction of sp³-hybridized carbons (Fsp3) is 0.115. The van der Waals surface area contributed by atoms with Crippen LogP contribution in [-0.4, -0.2) is 11.9 Å². The molecule has 0 amide bonds. The molecule has 5 rings (SSSR count). The standard InChI is InChI=1S/C26H18Cl2O4/c1-15-17(11-16-5-2-3-8-23(16)31-15)12-25-26(29)19-10-9-18(13-24(19)32-25)30-14-20-21(27)6-4-7-22(20)28/h2-13,15H,14H2,1H3/t15-/m1/s1. The van der Waals surface area contributed by atoms with Crippen molar-refractivity contribution in [1.29, 1.82) is 0 Å². The van der Waals surface area contributed by atoms with Crippen LogP contribution >= 0.6 is 23.2 Å². The van der Waals surface area contributed by atoms with Crippen LogP contribution in [0.1, 0.15) is 28.4 Å². The summed E-state index contributed by atoms with van der Waals surface area (Å²) < 4.78 is 17.7. The zero-order valence-corrected chi connectivity index (χ0v) is 18.6. The molecule has 0 unspecified atom stereocenters. The zero-order chi connectivity index (χ0) is 22.2. The van der Waals surface area contributed by atoms with Crippen LogP contribution in [0.3, 0.4) is 0 Å². The molecule has 32 heavy (non-hydrogen) atoms. The number of rotatable bonds is 4. The van der Waals surface area contributed by atoms with Gasteiger partial charge in [0, 0.05) is 27.2 Å². The van der Waals surface area contributed by atoms with Gasteiger partial charge in [0.15, 0.2) is 5.76 Å². The van der Waals surface area contributed by atoms with Crippen LogP contribution in [-0.2, 0) is 6.61 Å². The molecule has 0 spiro atoms. The largest absolute Gasteiger partial charge is 0.489 e. The highest BCUT2D eigenvalue weighted by molar-refractivity contribution is 6.35. The van der Waals surface area contributed by atoms with E-state index < -0.39 is 0 Å². The molecule has 0 bridgehead atoms. The molecule has 2 aliphatic heterocycles. The number of ether oxygens (including phenoxy) is 3. The molecule has 0 radical (unpaired) electrons. The lowest BCUT2D eigenvalue weighted by Gasteiger charge is -2.22. The van der Waals surface area contributed by atoms with E-state index in [1.54, 1.807) is 42.5 Å². The lowest BCUT2D eigenvalue weighted by atomic mass is 10.0. The van der Waals surface area contributed by atoms with Gasteiger partial charge in [-0.2, -0.15) is 0 Å². The maximum atomic E-state index is 12.9. The van der Waals surface area contributed by atoms with Gasteiger partial charge in [-0.15, -0.1) is 0 Å². The summed E-state index contributed by atoms with van der Waals surface area (Å²) in [4.78, 5) is 12.9. The van der Waals surface area contributed by atoms with Gasteiger partial charge in [-0.05, 0) is 55.0 Å². The van der Waals surface area contributed by atoms with Gasteiger partial charge in [0.05, 0.1) is 5.56 Å². The van der Waals surface area contributed by atoms with Gasteiger partial charge in [0.2, 0.25) is 5.78 Å². The summed E-state index contributed by atoms with van der Waals surface area (Å²) in [6.07, 6.45) is 3.56. The summed E-state index contributed by atoms with van der Waals surface area (Å²) in [6.45, 7) is 2.15. The summed E-state index contributed by atoms with van der Waals surface area (Å²) >= 11 is 12.4. The second kappa shape index (κ2) is 8.38. The minimum atomic E-state index is -0.197. The Bertz CT molecular complexity index is 1270. The Morgan fingerprint density at radius 3 is 2.59 bits per heavy atom. The van der Waals surface area contributed by atoms with Crippen LogP contribution in [0.5, 0.6) is 17.2 Å². The molecule has 2 aliphatic rings. The number of carbonyl (C=O) groups is 1. The van der Waals surface area contributed by atoms with E-state index in [0.717, 1.165) is 16.9 Å². The molecule has 3 aromatic rings. The van der Waals surface area contributed by atoms with Gasteiger partial charge in [0.25, 0.3) is 0 Å². The zero-order valence-electron chi connectivity index (χ0n) is 17.1. The van der Waals surface area contributed by atoms with Crippen molar-refractivity contribution in [1.82, 2.24) is 0 Å². The Labute approximate surface area is 195 Å². The van der Waals surface area contributed by atoms with E-state index in [4.69, 9.17) is 37.4 Å². The topological polar surface area (TPSA) is 44.8 Å². The first-order valence-electron chi connectivity index (χ1n) is 10.1. The Morgan fingerprint density at radius 1 is 1.00 bits per heavy atom. The molecule has 0 aromatic heterocycles. The molecule has 160 valence electrons. The van der Waals surface area contributed by atoms with Gasteiger partial charge < -0.3 is 14.2 Å². The van der Waals surface area contributed by atoms with Gasteiger partial charge in [-0.25, -0.2) is 0 Å². The van der Waals surface area contributed by atoms with Crippen molar-refractivity contribution in [2.75, 3.05) is 0 Å². The average molecular weight is 465 g/mol. The normalized spacial score (nSPS) is 17.8. The van der Waals surface area contributed by atoms with Crippen LogP contribution in [0.4, 0.5) is 0 Å². The van der Waals surface area contributed by atoms with Crippen molar-refractivity contribution in [3.63, 3.8) is 0 Å². The highest BCUT2D eigenvalue weighted by atomic mass is 35.5. The Kier molecular flexibility index (Phi) is 5.41.